The summed E-state index contributed by atoms with van der Waals surface area (Å²) < 4.78 is 5.25. The minimum absolute atomic E-state index is 0.0977. The summed E-state index contributed by atoms with van der Waals surface area (Å²) >= 11 is 0. The lowest BCUT2D eigenvalue weighted by molar-refractivity contribution is -0.149. The highest BCUT2D eigenvalue weighted by Crippen LogP contribution is 2.31. The Bertz CT molecular complexity index is 536. The number of carbonyl (C=O) groups is 2. The van der Waals surface area contributed by atoms with Crippen LogP contribution in [0.25, 0.3) is 0 Å². The van der Waals surface area contributed by atoms with Gasteiger partial charge >= 0.3 is 12.1 Å². The fourth-order valence-electron chi connectivity index (χ4n) is 2.81. The lowest BCUT2D eigenvalue weighted by Crippen LogP contribution is -2.56. The summed E-state index contributed by atoms with van der Waals surface area (Å²) in [6, 6.07) is 9.41. The van der Waals surface area contributed by atoms with Gasteiger partial charge in [0.2, 0.25) is 0 Å². The first-order valence-corrected chi connectivity index (χ1v) is 7.25. The molecule has 120 valence electrons. The number of carbonyl (C=O) groups excluding carboxylic acids is 1. The molecule has 2 atom stereocenters. The van der Waals surface area contributed by atoms with Crippen molar-refractivity contribution in [3.8, 4) is 0 Å². The van der Waals surface area contributed by atoms with E-state index < -0.39 is 17.6 Å². The summed E-state index contributed by atoms with van der Waals surface area (Å²) in [7, 11) is 3.35. The van der Waals surface area contributed by atoms with Gasteiger partial charge in [-0.05, 0) is 26.0 Å². The van der Waals surface area contributed by atoms with Gasteiger partial charge < -0.3 is 14.7 Å². The number of rotatable bonds is 4. The lowest BCUT2D eigenvalue weighted by atomic mass is 9.95. The van der Waals surface area contributed by atoms with Crippen LogP contribution >= 0.6 is 0 Å². The number of ether oxygens (including phenoxy) is 1. The molecule has 1 aliphatic heterocycles. The van der Waals surface area contributed by atoms with Gasteiger partial charge in [0.05, 0.1) is 0 Å². The van der Waals surface area contributed by atoms with Crippen LogP contribution < -0.4 is 0 Å². The number of nitrogens with zero attached hydrogens (tertiary/aromatic N) is 2. The Morgan fingerprint density at radius 1 is 1.41 bits per heavy atom. The van der Waals surface area contributed by atoms with E-state index in [2.05, 4.69) is 0 Å². The molecule has 0 aliphatic carbocycles. The van der Waals surface area contributed by atoms with Crippen molar-refractivity contribution in [1.82, 2.24) is 9.80 Å². The maximum Gasteiger partial charge on any atom is 0.410 e. The van der Waals surface area contributed by atoms with Gasteiger partial charge in [-0.25, -0.2) is 9.59 Å². The van der Waals surface area contributed by atoms with Gasteiger partial charge in [-0.3, -0.25) is 4.90 Å². The highest BCUT2D eigenvalue weighted by Gasteiger charge is 2.52. The number of aliphatic carboxylic acids is 1. The number of likely N-dealkylation sites (tertiary alicyclic amines) is 1. The van der Waals surface area contributed by atoms with Gasteiger partial charge in [0.25, 0.3) is 0 Å². The number of benzene rings is 1. The first-order chi connectivity index (χ1) is 10.4. The van der Waals surface area contributed by atoms with Gasteiger partial charge in [-0.2, -0.15) is 0 Å². The van der Waals surface area contributed by atoms with Gasteiger partial charge in [0, 0.05) is 19.6 Å². The molecule has 1 aromatic rings. The molecular weight excluding hydrogens is 284 g/mol. The van der Waals surface area contributed by atoms with Crippen LogP contribution in [-0.4, -0.2) is 59.2 Å². The molecule has 6 nitrogen and oxygen atoms in total. The molecule has 2 rings (SSSR count). The van der Waals surface area contributed by atoms with E-state index in [1.807, 2.05) is 49.2 Å². The molecule has 1 fully saturated rings. The van der Waals surface area contributed by atoms with Crippen LogP contribution in [0.2, 0.25) is 0 Å². The highest BCUT2D eigenvalue weighted by molar-refractivity contribution is 5.85. The van der Waals surface area contributed by atoms with Crippen molar-refractivity contribution >= 4 is 12.1 Å². The van der Waals surface area contributed by atoms with E-state index in [9.17, 15) is 14.7 Å². The third kappa shape index (κ3) is 3.06. The molecule has 0 bridgehead atoms. The van der Waals surface area contributed by atoms with Crippen LogP contribution in [0.15, 0.2) is 30.3 Å². The van der Waals surface area contributed by atoms with Gasteiger partial charge in [-0.15, -0.1) is 0 Å². The molecule has 1 saturated heterocycles. The van der Waals surface area contributed by atoms with Gasteiger partial charge in [0.15, 0.2) is 5.54 Å². The summed E-state index contributed by atoms with van der Waals surface area (Å²) in [5.74, 6) is -0.997. The Hall–Kier alpha value is -2.08. The summed E-state index contributed by atoms with van der Waals surface area (Å²) in [6.45, 7) is 2.37. The predicted octanol–water partition coefficient (Wildman–Crippen LogP) is 1.80. The highest BCUT2D eigenvalue weighted by atomic mass is 16.6. The first kappa shape index (κ1) is 16.3. The van der Waals surface area contributed by atoms with Crippen molar-refractivity contribution < 1.29 is 19.4 Å². The van der Waals surface area contributed by atoms with E-state index >= 15 is 0 Å². The second kappa shape index (κ2) is 6.36. The Balaban J connectivity index is 2.06. The van der Waals surface area contributed by atoms with E-state index in [0.717, 1.165) is 5.56 Å². The van der Waals surface area contributed by atoms with Crippen LogP contribution in [0, 0.1) is 0 Å². The maximum absolute atomic E-state index is 12.2. The number of hydrogen-bond donors (Lipinski definition) is 1. The van der Waals surface area contributed by atoms with Crippen molar-refractivity contribution in [2.45, 2.75) is 31.5 Å². The molecule has 0 radical (unpaired) electrons. The average Bonchev–Trinajstić information content (AvgIpc) is 2.82. The maximum atomic E-state index is 12.2. The topological polar surface area (TPSA) is 70.1 Å². The summed E-state index contributed by atoms with van der Waals surface area (Å²) in [5.41, 5.74) is -0.368. The number of likely N-dealkylation sites (N-methyl/N-ethyl adjacent to an activating group) is 2. The molecule has 0 spiro atoms. The third-order valence-corrected chi connectivity index (χ3v) is 4.42. The van der Waals surface area contributed by atoms with E-state index in [0.29, 0.717) is 13.0 Å². The molecule has 1 aliphatic rings. The molecule has 1 aromatic carbocycles. The van der Waals surface area contributed by atoms with Crippen LogP contribution in [0.3, 0.4) is 0 Å². The second-order valence-corrected chi connectivity index (χ2v) is 5.90. The smallest absolute Gasteiger partial charge is 0.410 e. The zero-order valence-corrected chi connectivity index (χ0v) is 13.2. The molecule has 0 aromatic heterocycles. The Morgan fingerprint density at radius 2 is 2.05 bits per heavy atom. The number of hydrogen-bond acceptors (Lipinski definition) is 4. The van der Waals surface area contributed by atoms with Crippen LogP contribution in [0.1, 0.15) is 18.9 Å². The normalized spacial score (nSPS) is 25.0. The molecule has 2 unspecified atom stereocenters. The van der Waals surface area contributed by atoms with Crippen molar-refractivity contribution in [3.63, 3.8) is 0 Å². The number of carboxylic acids is 1. The van der Waals surface area contributed by atoms with Crippen molar-refractivity contribution in [2.75, 3.05) is 20.6 Å². The Kier molecular flexibility index (Phi) is 4.71. The number of amides is 1. The Morgan fingerprint density at radius 3 is 2.55 bits per heavy atom. The van der Waals surface area contributed by atoms with Crippen molar-refractivity contribution in [3.05, 3.63) is 35.9 Å². The summed E-state index contributed by atoms with van der Waals surface area (Å²) in [4.78, 5) is 27.2. The summed E-state index contributed by atoms with van der Waals surface area (Å²) in [5, 5.41) is 9.63. The SMILES string of the molecule is CC1CC(C(=O)O)(N(C)C(=O)OCc2ccccc2)CN1C. The largest absolute Gasteiger partial charge is 0.479 e. The van der Waals surface area contributed by atoms with Crippen LogP contribution in [0.4, 0.5) is 4.79 Å². The van der Waals surface area contributed by atoms with Crippen molar-refractivity contribution in [2.24, 2.45) is 0 Å². The van der Waals surface area contributed by atoms with E-state index in [-0.39, 0.29) is 12.6 Å². The average molecular weight is 306 g/mol. The lowest BCUT2D eigenvalue weighted by Gasteiger charge is -2.33. The third-order valence-electron chi connectivity index (χ3n) is 4.42. The van der Waals surface area contributed by atoms with E-state index in [1.54, 1.807) is 0 Å². The second-order valence-electron chi connectivity index (χ2n) is 5.90. The molecule has 0 saturated carbocycles. The minimum atomic E-state index is -1.23. The first-order valence-electron chi connectivity index (χ1n) is 7.25. The van der Waals surface area contributed by atoms with Gasteiger partial charge in [0.1, 0.15) is 6.61 Å². The Labute approximate surface area is 130 Å². The minimum Gasteiger partial charge on any atom is -0.479 e. The molecular formula is C16H22N2O4. The van der Waals surface area contributed by atoms with Gasteiger partial charge in [-0.1, -0.05) is 30.3 Å². The van der Waals surface area contributed by atoms with E-state index in [1.165, 1.54) is 11.9 Å². The molecule has 6 heteroatoms. The molecule has 1 N–H and O–H groups in total. The number of carboxylic acid groups (broad SMARTS) is 1. The van der Waals surface area contributed by atoms with Crippen molar-refractivity contribution in [1.29, 1.82) is 0 Å². The monoisotopic (exact) mass is 306 g/mol. The standard InChI is InChI=1S/C16H22N2O4/c1-12-9-16(14(19)20,11-17(12)2)18(3)15(21)22-10-13-7-5-4-6-8-13/h4-8,12H,9-11H2,1-3H3,(H,19,20). The zero-order chi connectivity index (χ0) is 16.3. The molecule has 22 heavy (non-hydrogen) atoms. The van der Waals surface area contributed by atoms with E-state index in [4.69, 9.17) is 4.74 Å². The zero-order valence-electron chi connectivity index (χ0n) is 13.2. The predicted molar refractivity (Wildman–Crippen MR) is 81.5 cm³/mol. The summed E-state index contributed by atoms with van der Waals surface area (Å²) in [6.07, 6.45) is -0.232. The quantitative estimate of drug-likeness (QED) is 0.918. The van der Waals surface area contributed by atoms with Crippen LogP contribution in [-0.2, 0) is 16.1 Å². The molecule has 1 heterocycles. The fraction of sp³-hybridized carbons (Fsp3) is 0.500. The van der Waals surface area contributed by atoms with Crippen LogP contribution in [0.5, 0.6) is 0 Å². The molecule has 1 amide bonds. The fourth-order valence-corrected chi connectivity index (χ4v) is 2.81.